The fourth-order valence-corrected chi connectivity index (χ4v) is 1.75. The normalized spacial score (nSPS) is 9.89. The van der Waals surface area contributed by atoms with Crippen LogP contribution < -0.4 is 15.2 Å². The number of ether oxygens (including phenoxy) is 2. The fraction of sp³-hybridized carbons (Fsp3) is 0.385. The summed E-state index contributed by atoms with van der Waals surface area (Å²) in [6.07, 6.45) is 0. The van der Waals surface area contributed by atoms with Gasteiger partial charge in [-0.25, -0.2) is 0 Å². The minimum atomic E-state index is -0.979. The van der Waals surface area contributed by atoms with E-state index < -0.39 is 11.8 Å². The second-order valence-corrected chi connectivity index (χ2v) is 4.15. The van der Waals surface area contributed by atoms with Crippen molar-refractivity contribution in [2.24, 2.45) is 5.73 Å². The molecule has 0 heterocycles. The number of hydrogen-bond acceptors (Lipinski definition) is 4. The van der Waals surface area contributed by atoms with Crippen LogP contribution in [-0.2, 0) is 16.1 Å². The number of amides is 2. The van der Waals surface area contributed by atoms with E-state index in [1.54, 1.807) is 13.2 Å². The van der Waals surface area contributed by atoms with Crippen molar-refractivity contribution in [3.8, 4) is 11.5 Å². The van der Waals surface area contributed by atoms with Gasteiger partial charge in [0.15, 0.2) is 0 Å². The predicted octanol–water partition coefficient (Wildman–Crippen LogP) is 0.456. The molecule has 0 aliphatic carbocycles. The van der Waals surface area contributed by atoms with Gasteiger partial charge in [0.05, 0.1) is 14.2 Å². The SMILES string of the molecule is COc1cc(C)c(CN(C)C(=O)C(N)=O)c(OC)c1. The molecule has 0 bridgehead atoms. The highest BCUT2D eigenvalue weighted by Crippen LogP contribution is 2.29. The molecule has 0 saturated heterocycles. The Morgan fingerprint density at radius 2 is 1.89 bits per heavy atom. The lowest BCUT2D eigenvalue weighted by molar-refractivity contribution is -0.143. The van der Waals surface area contributed by atoms with Crippen molar-refractivity contribution in [1.82, 2.24) is 4.90 Å². The Kier molecular flexibility index (Phi) is 4.74. The van der Waals surface area contributed by atoms with E-state index in [0.717, 1.165) is 11.1 Å². The summed E-state index contributed by atoms with van der Waals surface area (Å²) in [6.45, 7) is 2.11. The van der Waals surface area contributed by atoms with E-state index in [0.29, 0.717) is 11.5 Å². The molecule has 6 heteroatoms. The maximum Gasteiger partial charge on any atom is 0.311 e. The van der Waals surface area contributed by atoms with Gasteiger partial charge in [0.1, 0.15) is 11.5 Å². The summed E-state index contributed by atoms with van der Waals surface area (Å²) in [5.41, 5.74) is 6.67. The van der Waals surface area contributed by atoms with Crippen molar-refractivity contribution in [1.29, 1.82) is 0 Å². The summed E-state index contributed by atoms with van der Waals surface area (Å²) in [5.74, 6) is -0.451. The minimum Gasteiger partial charge on any atom is -0.497 e. The van der Waals surface area contributed by atoms with Crippen LogP contribution in [-0.4, -0.2) is 38.0 Å². The first-order chi connectivity index (χ1) is 8.90. The van der Waals surface area contributed by atoms with E-state index in [4.69, 9.17) is 15.2 Å². The van der Waals surface area contributed by atoms with Crippen LogP contribution in [0.15, 0.2) is 12.1 Å². The smallest absolute Gasteiger partial charge is 0.311 e. The molecule has 2 amide bonds. The summed E-state index contributed by atoms with van der Waals surface area (Å²) >= 11 is 0. The predicted molar refractivity (Wildman–Crippen MR) is 70.0 cm³/mol. The van der Waals surface area contributed by atoms with Crippen LogP contribution in [0.4, 0.5) is 0 Å². The van der Waals surface area contributed by atoms with Crippen molar-refractivity contribution in [3.63, 3.8) is 0 Å². The number of hydrogen-bond donors (Lipinski definition) is 1. The third kappa shape index (κ3) is 3.37. The number of rotatable bonds is 4. The zero-order valence-corrected chi connectivity index (χ0v) is 11.5. The summed E-state index contributed by atoms with van der Waals surface area (Å²) in [4.78, 5) is 23.6. The van der Waals surface area contributed by atoms with Crippen LogP contribution in [0.25, 0.3) is 0 Å². The first-order valence-electron chi connectivity index (χ1n) is 5.67. The van der Waals surface area contributed by atoms with Crippen LogP contribution >= 0.6 is 0 Å². The molecule has 1 rings (SSSR count). The molecule has 0 fully saturated rings. The second kappa shape index (κ2) is 6.08. The van der Waals surface area contributed by atoms with E-state index in [-0.39, 0.29) is 6.54 Å². The van der Waals surface area contributed by atoms with Crippen molar-refractivity contribution in [2.75, 3.05) is 21.3 Å². The maximum absolute atomic E-state index is 11.5. The average Bonchev–Trinajstić information content (AvgIpc) is 2.39. The maximum atomic E-state index is 11.5. The van der Waals surface area contributed by atoms with E-state index in [1.807, 2.05) is 13.0 Å². The monoisotopic (exact) mass is 266 g/mol. The largest absolute Gasteiger partial charge is 0.497 e. The Morgan fingerprint density at radius 3 is 2.37 bits per heavy atom. The zero-order chi connectivity index (χ0) is 14.6. The molecule has 0 aromatic heterocycles. The Hall–Kier alpha value is -2.24. The van der Waals surface area contributed by atoms with Crippen LogP contribution in [0.1, 0.15) is 11.1 Å². The van der Waals surface area contributed by atoms with E-state index in [2.05, 4.69) is 0 Å². The molecule has 1 aromatic rings. The molecule has 0 unspecified atom stereocenters. The molecule has 104 valence electrons. The number of carbonyl (C=O) groups excluding carboxylic acids is 2. The van der Waals surface area contributed by atoms with Gasteiger partial charge in [-0.05, 0) is 18.6 Å². The van der Waals surface area contributed by atoms with Crippen LogP contribution in [0, 0.1) is 6.92 Å². The molecule has 0 spiro atoms. The van der Waals surface area contributed by atoms with Crippen LogP contribution in [0.3, 0.4) is 0 Å². The van der Waals surface area contributed by atoms with Gasteiger partial charge in [-0.1, -0.05) is 0 Å². The number of primary amides is 1. The lowest BCUT2D eigenvalue weighted by atomic mass is 10.1. The molecule has 1 aromatic carbocycles. The van der Waals surface area contributed by atoms with Gasteiger partial charge in [0.25, 0.3) is 0 Å². The number of benzene rings is 1. The van der Waals surface area contributed by atoms with Gasteiger partial charge in [-0.3, -0.25) is 9.59 Å². The number of nitrogens with zero attached hydrogens (tertiary/aromatic N) is 1. The summed E-state index contributed by atoms with van der Waals surface area (Å²) in [6, 6.07) is 3.56. The van der Waals surface area contributed by atoms with Gasteiger partial charge < -0.3 is 20.1 Å². The van der Waals surface area contributed by atoms with Crippen molar-refractivity contribution >= 4 is 11.8 Å². The zero-order valence-electron chi connectivity index (χ0n) is 11.5. The molecule has 0 aliphatic rings. The third-order valence-electron chi connectivity index (χ3n) is 2.81. The van der Waals surface area contributed by atoms with Crippen molar-refractivity contribution in [2.45, 2.75) is 13.5 Å². The van der Waals surface area contributed by atoms with Crippen molar-refractivity contribution in [3.05, 3.63) is 23.3 Å². The molecule has 2 N–H and O–H groups in total. The molecule has 6 nitrogen and oxygen atoms in total. The molecular formula is C13H18N2O4. The summed E-state index contributed by atoms with van der Waals surface area (Å²) in [7, 11) is 4.61. The molecule has 19 heavy (non-hydrogen) atoms. The first-order valence-corrected chi connectivity index (χ1v) is 5.67. The Morgan fingerprint density at radius 1 is 1.26 bits per heavy atom. The molecule has 0 radical (unpaired) electrons. The topological polar surface area (TPSA) is 81.9 Å². The molecular weight excluding hydrogens is 248 g/mol. The van der Waals surface area contributed by atoms with E-state index >= 15 is 0 Å². The lowest BCUT2D eigenvalue weighted by Gasteiger charge is -2.19. The lowest BCUT2D eigenvalue weighted by Crippen LogP contribution is -2.37. The number of likely N-dealkylation sites (N-methyl/N-ethyl adjacent to an activating group) is 1. The molecule has 0 aliphatic heterocycles. The highest BCUT2D eigenvalue weighted by molar-refractivity contribution is 6.34. The molecule has 0 atom stereocenters. The Bertz CT molecular complexity index is 500. The minimum absolute atomic E-state index is 0.237. The quantitative estimate of drug-likeness (QED) is 0.802. The van der Waals surface area contributed by atoms with Gasteiger partial charge in [0, 0.05) is 25.2 Å². The van der Waals surface area contributed by atoms with Gasteiger partial charge in [-0.2, -0.15) is 0 Å². The van der Waals surface area contributed by atoms with E-state index in [1.165, 1.54) is 19.1 Å². The highest BCUT2D eigenvalue weighted by atomic mass is 16.5. The van der Waals surface area contributed by atoms with Gasteiger partial charge >= 0.3 is 11.8 Å². The Labute approximate surface area is 112 Å². The molecule has 0 saturated carbocycles. The standard InChI is InChI=1S/C13H18N2O4/c1-8-5-9(18-3)6-11(19-4)10(8)7-15(2)13(17)12(14)16/h5-6H,7H2,1-4H3,(H2,14,16). The van der Waals surface area contributed by atoms with Gasteiger partial charge in [0.2, 0.25) is 0 Å². The summed E-state index contributed by atoms with van der Waals surface area (Å²) < 4.78 is 10.4. The average molecular weight is 266 g/mol. The summed E-state index contributed by atoms with van der Waals surface area (Å²) in [5, 5.41) is 0. The number of nitrogens with two attached hydrogens (primary N) is 1. The Balaban J connectivity index is 3.07. The second-order valence-electron chi connectivity index (χ2n) is 4.15. The number of aryl methyl sites for hydroxylation is 1. The van der Waals surface area contributed by atoms with E-state index in [9.17, 15) is 9.59 Å². The first kappa shape index (κ1) is 14.8. The van der Waals surface area contributed by atoms with Crippen LogP contribution in [0.5, 0.6) is 11.5 Å². The number of carbonyl (C=O) groups is 2. The highest BCUT2D eigenvalue weighted by Gasteiger charge is 2.18. The third-order valence-corrected chi connectivity index (χ3v) is 2.81. The fourth-order valence-electron chi connectivity index (χ4n) is 1.75. The van der Waals surface area contributed by atoms with Gasteiger partial charge in [-0.15, -0.1) is 0 Å². The number of methoxy groups -OCH3 is 2. The van der Waals surface area contributed by atoms with Crippen molar-refractivity contribution < 1.29 is 19.1 Å². The van der Waals surface area contributed by atoms with Crippen LogP contribution in [0.2, 0.25) is 0 Å².